The van der Waals surface area contributed by atoms with Crippen LogP contribution in [0.5, 0.6) is 0 Å². The summed E-state index contributed by atoms with van der Waals surface area (Å²) in [6, 6.07) is 10.1. The summed E-state index contributed by atoms with van der Waals surface area (Å²) in [6.45, 7) is 3.42. The first-order chi connectivity index (χ1) is 13.7. The lowest BCUT2D eigenvalue weighted by molar-refractivity contribution is -0.157. The summed E-state index contributed by atoms with van der Waals surface area (Å²) >= 11 is 0. The molecule has 0 unspecified atom stereocenters. The molecule has 29 heavy (non-hydrogen) atoms. The van der Waals surface area contributed by atoms with Gasteiger partial charge in [-0.05, 0) is 38.1 Å². The summed E-state index contributed by atoms with van der Waals surface area (Å²) in [5, 5.41) is 2.25. The molecule has 1 heterocycles. The molecule has 2 atom stereocenters. The van der Waals surface area contributed by atoms with Crippen molar-refractivity contribution >= 4 is 29.2 Å². The van der Waals surface area contributed by atoms with Gasteiger partial charge in [0, 0.05) is 24.7 Å². The molecule has 0 radical (unpaired) electrons. The van der Waals surface area contributed by atoms with Crippen LogP contribution in [0.3, 0.4) is 0 Å². The Labute approximate surface area is 166 Å². The van der Waals surface area contributed by atoms with Gasteiger partial charge in [0.15, 0.2) is 6.10 Å². The molecule has 3 rings (SSSR count). The Hall–Kier alpha value is -3.29. The average Bonchev–Trinajstić information content (AvgIpc) is 3.06. The SMILES string of the molecule is Cc1ccc(N2C[C@@H](C(=O)O[C@@H](C)C(=O)Nc3ccc(F)cc3F)CC2=O)cc1. The number of rotatable bonds is 5. The molecule has 0 spiro atoms. The van der Waals surface area contributed by atoms with E-state index in [0.29, 0.717) is 11.8 Å². The Morgan fingerprint density at radius 3 is 2.52 bits per heavy atom. The quantitative estimate of drug-likeness (QED) is 0.780. The van der Waals surface area contributed by atoms with Crippen LogP contribution in [-0.2, 0) is 19.1 Å². The molecule has 1 saturated heterocycles. The third kappa shape index (κ3) is 4.77. The second-order valence-corrected chi connectivity index (χ2v) is 6.93. The first kappa shape index (κ1) is 20.4. The lowest BCUT2D eigenvalue weighted by Gasteiger charge is -2.18. The summed E-state index contributed by atoms with van der Waals surface area (Å²) in [5.41, 5.74) is 1.52. The van der Waals surface area contributed by atoms with Gasteiger partial charge in [-0.25, -0.2) is 8.78 Å². The molecule has 0 saturated carbocycles. The van der Waals surface area contributed by atoms with Crippen molar-refractivity contribution in [2.75, 3.05) is 16.8 Å². The molecular weight excluding hydrogens is 382 g/mol. The molecule has 2 amide bonds. The van der Waals surface area contributed by atoms with Crippen molar-refractivity contribution in [2.24, 2.45) is 5.92 Å². The Morgan fingerprint density at radius 2 is 1.86 bits per heavy atom. The standard InChI is InChI=1S/C21H20F2N2O4/c1-12-3-6-16(7-4-12)25-11-14(9-19(25)26)21(28)29-13(2)20(27)24-18-8-5-15(22)10-17(18)23/h3-8,10,13-14H,9,11H2,1-2H3,(H,24,27)/t13-,14-/m0/s1. The Bertz CT molecular complexity index is 946. The molecular formula is C21H20F2N2O4. The number of carbonyl (C=O) groups excluding carboxylic acids is 3. The summed E-state index contributed by atoms with van der Waals surface area (Å²) in [6.07, 6.45) is -1.23. The number of anilines is 2. The molecule has 2 aromatic carbocycles. The molecule has 2 aromatic rings. The lowest BCUT2D eigenvalue weighted by atomic mass is 10.1. The van der Waals surface area contributed by atoms with Crippen LogP contribution in [-0.4, -0.2) is 30.4 Å². The molecule has 8 heteroatoms. The zero-order valence-electron chi connectivity index (χ0n) is 15.9. The minimum absolute atomic E-state index is 0.0202. The number of carbonyl (C=O) groups is 3. The van der Waals surface area contributed by atoms with Gasteiger partial charge in [0.2, 0.25) is 5.91 Å². The van der Waals surface area contributed by atoms with E-state index in [1.165, 1.54) is 11.8 Å². The molecule has 1 aliphatic heterocycles. The second-order valence-electron chi connectivity index (χ2n) is 6.93. The van der Waals surface area contributed by atoms with Gasteiger partial charge in [-0.1, -0.05) is 17.7 Å². The Kier molecular flexibility index (Phi) is 5.91. The van der Waals surface area contributed by atoms with Crippen molar-refractivity contribution in [3.05, 3.63) is 59.7 Å². The summed E-state index contributed by atoms with van der Waals surface area (Å²) in [4.78, 5) is 38.3. The summed E-state index contributed by atoms with van der Waals surface area (Å²) in [7, 11) is 0. The van der Waals surface area contributed by atoms with Crippen LogP contribution in [0.15, 0.2) is 42.5 Å². The van der Waals surface area contributed by atoms with Crippen LogP contribution in [0, 0.1) is 24.5 Å². The van der Waals surface area contributed by atoms with Gasteiger partial charge in [-0.2, -0.15) is 0 Å². The van der Waals surface area contributed by atoms with Gasteiger partial charge >= 0.3 is 5.97 Å². The smallest absolute Gasteiger partial charge is 0.312 e. The van der Waals surface area contributed by atoms with Crippen molar-refractivity contribution in [1.29, 1.82) is 0 Å². The summed E-state index contributed by atoms with van der Waals surface area (Å²) < 4.78 is 31.7. The predicted octanol–water partition coefficient (Wildman–Crippen LogP) is 3.20. The highest BCUT2D eigenvalue weighted by Crippen LogP contribution is 2.26. The highest BCUT2D eigenvalue weighted by molar-refractivity contribution is 6.00. The number of benzene rings is 2. The second kappa shape index (κ2) is 8.38. The molecule has 6 nitrogen and oxygen atoms in total. The molecule has 1 aliphatic rings. The fraction of sp³-hybridized carbons (Fsp3) is 0.286. The molecule has 0 aromatic heterocycles. The highest BCUT2D eigenvalue weighted by Gasteiger charge is 2.37. The number of hydrogen-bond acceptors (Lipinski definition) is 4. The number of nitrogens with zero attached hydrogens (tertiary/aromatic N) is 1. The van der Waals surface area contributed by atoms with E-state index in [9.17, 15) is 23.2 Å². The first-order valence-electron chi connectivity index (χ1n) is 9.08. The van der Waals surface area contributed by atoms with E-state index in [4.69, 9.17) is 4.74 Å². The molecule has 1 fully saturated rings. The van der Waals surface area contributed by atoms with Gasteiger partial charge in [0.05, 0.1) is 11.6 Å². The number of esters is 1. The number of amides is 2. The van der Waals surface area contributed by atoms with Crippen LogP contribution in [0.25, 0.3) is 0 Å². The molecule has 0 bridgehead atoms. The van der Waals surface area contributed by atoms with Crippen LogP contribution < -0.4 is 10.2 Å². The van der Waals surface area contributed by atoms with Gasteiger partial charge in [-0.15, -0.1) is 0 Å². The average molecular weight is 402 g/mol. The third-order valence-corrected chi connectivity index (χ3v) is 4.66. The van der Waals surface area contributed by atoms with E-state index in [1.54, 1.807) is 12.1 Å². The Morgan fingerprint density at radius 1 is 1.17 bits per heavy atom. The van der Waals surface area contributed by atoms with Gasteiger partial charge in [0.1, 0.15) is 11.6 Å². The summed E-state index contributed by atoms with van der Waals surface area (Å²) in [5.74, 6) is -4.07. The third-order valence-electron chi connectivity index (χ3n) is 4.66. The van der Waals surface area contributed by atoms with Crippen molar-refractivity contribution in [3.63, 3.8) is 0 Å². The maximum Gasteiger partial charge on any atom is 0.312 e. The number of ether oxygens (including phenoxy) is 1. The van der Waals surface area contributed by atoms with E-state index in [-0.39, 0.29) is 24.6 Å². The van der Waals surface area contributed by atoms with Crippen LogP contribution in [0.4, 0.5) is 20.2 Å². The van der Waals surface area contributed by atoms with Crippen molar-refractivity contribution < 1.29 is 27.9 Å². The van der Waals surface area contributed by atoms with Crippen molar-refractivity contribution in [2.45, 2.75) is 26.4 Å². The predicted molar refractivity (Wildman–Crippen MR) is 102 cm³/mol. The minimum atomic E-state index is -1.21. The van der Waals surface area contributed by atoms with Crippen LogP contribution in [0.2, 0.25) is 0 Å². The van der Waals surface area contributed by atoms with E-state index < -0.39 is 35.5 Å². The van der Waals surface area contributed by atoms with E-state index in [0.717, 1.165) is 17.7 Å². The zero-order chi connectivity index (χ0) is 21.1. The van der Waals surface area contributed by atoms with E-state index in [2.05, 4.69) is 5.32 Å². The van der Waals surface area contributed by atoms with Gasteiger partial charge in [0.25, 0.3) is 5.91 Å². The van der Waals surface area contributed by atoms with Crippen molar-refractivity contribution in [1.82, 2.24) is 0 Å². The molecule has 0 aliphatic carbocycles. The maximum absolute atomic E-state index is 13.6. The number of nitrogens with one attached hydrogen (secondary N) is 1. The van der Waals surface area contributed by atoms with E-state index >= 15 is 0 Å². The molecule has 152 valence electrons. The van der Waals surface area contributed by atoms with Crippen molar-refractivity contribution in [3.8, 4) is 0 Å². The normalized spacial score (nSPS) is 17.2. The lowest BCUT2D eigenvalue weighted by Crippen LogP contribution is -2.33. The van der Waals surface area contributed by atoms with Crippen LogP contribution >= 0.6 is 0 Å². The molecule has 1 N–H and O–H groups in total. The zero-order valence-corrected chi connectivity index (χ0v) is 15.9. The number of hydrogen-bond donors (Lipinski definition) is 1. The van der Waals surface area contributed by atoms with Crippen LogP contribution in [0.1, 0.15) is 18.9 Å². The Balaban J connectivity index is 1.58. The number of halogens is 2. The monoisotopic (exact) mass is 402 g/mol. The van der Waals surface area contributed by atoms with Gasteiger partial charge < -0.3 is 15.0 Å². The fourth-order valence-corrected chi connectivity index (χ4v) is 2.99. The largest absolute Gasteiger partial charge is 0.452 e. The highest BCUT2D eigenvalue weighted by atomic mass is 19.1. The topological polar surface area (TPSA) is 75.7 Å². The number of aryl methyl sites for hydroxylation is 1. The minimum Gasteiger partial charge on any atom is -0.452 e. The van der Waals surface area contributed by atoms with Gasteiger partial charge in [-0.3, -0.25) is 14.4 Å². The first-order valence-corrected chi connectivity index (χ1v) is 9.08. The maximum atomic E-state index is 13.6. The fourth-order valence-electron chi connectivity index (χ4n) is 2.99. The van der Waals surface area contributed by atoms with E-state index in [1.807, 2.05) is 19.1 Å².